The van der Waals surface area contributed by atoms with Crippen molar-refractivity contribution in [3.05, 3.63) is 0 Å². The van der Waals surface area contributed by atoms with E-state index in [1.165, 1.54) is 11.8 Å². The average Bonchev–Trinajstić information content (AvgIpc) is 1.63. The Hall–Kier alpha value is -0.220. The number of thioether (sulfide) groups is 1. The molecule has 0 aromatic carbocycles. The lowest BCUT2D eigenvalue weighted by atomic mass is 10.7. The molecule has 1 atom stereocenters. The van der Waals surface area contributed by atoms with E-state index in [2.05, 4.69) is 0 Å². The van der Waals surface area contributed by atoms with E-state index in [0.29, 0.717) is 5.37 Å². The molecule has 0 unspecified atom stereocenters. The maximum Gasteiger partial charge on any atom is 0.152 e. The normalized spacial score (nSPS) is 13.8. The highest BCUT2D eigenvalue weighted by Crippen LogP contribution is 2.09. The predicted molar refractivity (Wildman–Crippen MR) is 42.7 cm³/mol. The molecule has 0 amide bonds. The number of hydrogen-bond acceptors (Lipinski definition) is 3. The first-order valence-corrected chi connectivity index (χ1v) is 3.59. The number of nitrogens with one attached hydrogen (secondary N) is 1. The zero-order valence-corrected chi connectivity index (χ0v) is 6.83. The summed E-state index contributed by atoms with van der Waals surface area (Å²) in [5, 5.41) is 7.40. The van der Waals surface area contributed by atoms with E-state index < -0.39 is 0 Å². The second-order valence-electron chi connectivity index (χ2n) is 2.05. The molecule has 0 fully saturated rings. The largest absolute Gasteiger partial charge is 0.379 e. The van der Waals surface area contributed by atoms with Gasteiger partial charge in [0.05, 0.1) is 5.37 Å². The van der Waals surface area contributed by atoms with Crippen LogP contribution in [0.4, 0.5) is 0 Å². The van der Waals surface area contributed by atoms with Gasteiger partial charge >= 0.3 is 0 Å². The molecule has 0 aromatic heterocycles. The van der Waals surface area contributed by atoms with E-state index in [4.69, 9.17) is 11.1 Å². The maximum atomic E-state index is 6.93. The summed E-state index contributed by atoms with van der Waals surface area (Å²) in [6.07, 6.45) is 0. The molecule has 0 radical (unpaired) electrons. The summed E-state index contributed by atoms with van der Waals surface area (Å²) in [7, 11) is 3.92. The Morgan fingerprint density at radius 3 is 2.22 bits per heavy atom. The van der Waals surface area contributed by atoms with Crippen LogP contribution < -0.4 is 5.73 Å². The summed E-state index contributed by atoms with van der Waals surface area (Å²) < 4.78 is 0. The Morgan fingerprint density at radius 2 is 2.11 bits per heavy atom. The van der Waals surface area contributed by atoms with Gasteiger partial charge in [0.15, 0.2) is 5.17 Å². The molecule has 9 heavy (non-hydrogen) atoms. The highest BCUT2D eigenvalue weighted by Gasteiger charge is 2.04. The zero-order chi connectivity index (χ0) is 7.44. The van der Waals surface area contributed by atoms with Crippen LogP contribution in [0.2, 0.25) is 0 Å². The molecule has 0 bridgehead atoms. The first-order valence-electron chi connectivity index (χ1n) is 2.71. The fourth-order valence-corrected chi connectivity index (χ4v) is 0.867. The molecule has 0 aliphatic rings. The number of nitrogens with zero attached hydrogens (tertiary/aromatic N) is 1. The molecule has 0 aliphatic heterocycles. The first-order chi connectivity index (χ1) is 4.04. The van der Waals surface area contributed by atoms with E-state index in [-0.39, 0.29) is 5.17 Å². The van der Waals surface area contributed by atoms with Crippen LogP contribution in [0, 0.1) is 5.41 Å². The van der Waals surface area contributed by atoms with Gasteiger partial charge < -0.3 is 5.73 Å². The summed E-state index contributed by atoms with van der Waals surface area (Å²) in [6, 6.07) is 0. The number of hydrogen-bond donors (Lipinski definition) is 2. The van der Waals surface area contributed by atoms with E-state index in [1.54, 1.807) is 0 Å². The Balaban J connectivity index is 3.50. The van der Waals surface area contributed by atoms with Crippen LogP contribution in [0.1, 0.15) is 6.92 Å². The van der Waals surface area contributed by atoms with Crippen LogP contribution in [0.25, 0.3) is 0 Å². The Bertz CT molecular complexity index is 102. The Labute approximate surface area is 60.1 Å². The quantitative estimate of drug-likeness (QED) is 0.340. The standard InChI is InChI=1S/C5H13N3S/c1-4(8(2)3)9-5(6)7/h4H,1-3H3,(H3,6,7)/t4-/m0/s1. The Morgan fingerprint density at radius 1 is 1.67 bits per heavy atom. The van der Waals surface area contributed by atoms with Crippen LogP contribution in [0.3, 0.4) is 0 Å². The highest BCUT2D eigenvalue weighted by atomic mass is 32.2. The summed E-state index contributed by atoms with van der Waals surface area (Å²) in [5.41, 5.74) is 5.15. The molecule has 3 nitrogen and oxygen atoms in total. The first kappa shape index (κ1) is 8.78. The lowest BCUT2D eigenvalue weighted by molar-refractivity contribution is 0.403. The summed E-state index contributed by atoms with van der Waals surface area (Å²) in [6.45, 7) is 2.01. The highest BCUT2D eigenvalue weighted by molar-refractivity contribution is 8.14. The molecule has 3 N–H and O–H groups in total. The second-order valence-corrected chi connectivity index (χ2v) is 3.40. The number of amidine groups is 1. The molecule has 54 valence electrons. The third-order valence-electron chi connectivity index (χ3n) is 1.02. The van der Waals surface area contributed by atoms with Crippen molar-refractivity contribution in [1.82, 2.24) is 4.90 Å². The van der Waals surface area contributed by atoms with Crippen molar-refractivity contribution in [3.8, 4) is 0 Å². The van der Waals surface area contributed by atoms with Gasteiger partial charge in [0.2, 0.25) is 0 Å². The van der Waals surface area contributed by atoms with Crippen molar-refractivity contribution in [3.63, 3.8) is 0 Å². The molecule has 0 rings (SSSR count). The maximum absolute atomic E-state index is 6.93. The minimum atomic E-state index is 0.177. The van der Waals surface area contributed by atoms with Gasteiger partial charge in [-0.15, -0.1) is 0 Å². The zero-order valence-electron chi connectivity index (χ0n) is 6.01. The van der Waals surface area contributed by atoms with Crippen LogP contribution in [0.15, 0.2) is 0 Å². The third kappa shape index (κ3) is 4.29. The van der Waals surface area contributed by atoms with Gasteiger partial charge in [0.1, 0.15) is 0 Å². The molecular formula is C5H13N3S. The molecule has 0 aromatic rings. The number of rotatable bonds is 2. The van der Waals surface area contributed by atoms with Gasteiger partial charge in [-0.2, -0.15) is 0 Å². The van der Waals surface area contributed by atoms with Crippen molar-refractivity contribution in [2.45, 2.75) is 12.3 Å². The summed E-state index contributed by atoms with van der Waals surface area (Å²) in [5.74, 6) is 0. The number of nitrogens with two attached hydrogens (primary N) is 1. The molecule has 0 heterocycles. The van der Waals surface area contributed by atoms with E-state index >= 15 is 0 Å². The molecule has 4 heteroatoms. The van der Waals surface area contributed by atoms with Gasteiger partial charge in [-0.1, -0.05) is 11.8 Å². The van der Waals surface area contributed by atoms with Crippen LogP contribution in [-0.2, 0) is 0 Å². The van der Waals surface area contributed by atoms with Gasteiger partial charge in [-0.3, -0.25) is 10.3 Å². The average molecular weight is 147 g/mol. The smallest absolute Gasteiger partial charge is 0.152 e. The van der Waals surface area contributed by atoms with Gasteiger partial charge in [-0.05, 0) is 21.0 Å². The molecular weight excluding hydrogens is 134 g/mol. The van der Waals surface area contributed by atoms with Crippen LogP contribution in [0.5, 0.6) is 0 Å². The lowest BCUT2D eigenvalue weighted by Crippen LogP contribution is -2.24. The minimum absolute atomic E-state index is 0.177. The minimum Gasteiger partial charge on any atom is -0.379 e. The van der Waals surface area contributed by atoms with E-state index in [1.807, 2.05) is 25.9 Å². The summed E-state index contributed by atoms with van der Waals surface area (Å²) >= 11 is 1.35. The fourth-order valence-electron chi connectivity index (χ4n) is 0.289. The van der Waals surface area contributed by atoms with Crippen molar-refractivity contribution in [2.24, 2.45) is 5.73 Å². The second kappa shape index (κ2) is 3.74. The third-order valence-corrected chi connectivity index (χ3v) is 2.04. The summed E-state index contributed by atoms with van der Waals surface area (Å²) in [4.78, 5) is 2.01. The van der Waals surface area contributed by atoms with Crippen LogP contribution in [-0.4, -0.2) is 29.5 Å². The molecule has 0 saturated carbocycles. The van der Waals surface area contributed by atoms with Gasteiger partial charge in [0, 0.05) is 0 Å². The van der Waals surface area contributed by atoms with Crippen molar-refractivity contribution in [1.29, 1.82) is 5.41 Å². The molecule has 0 saturated heterocycles. The van der Waals surface area contributed by atoms with Crippen molar-refractivity contribution >= 4 is 16.9 Å². The van der Waals surface area contributed by atoms with Gasteiger partial charge in [-0.25, -0.2) is 0 Å². The van der Waals surface area contributed by atoms with Crippen molar-refractivity contribution < 1.29 is 0 Å². The SMILES string of the molecule is C[C@H](SC(=N)N)N(C)C. The molecule has 0 spiro atoms. The topological polar surface area (TPSA) is 53.1 Å². The van der Waals surface area contributed by atoms with Crippen LogP contribution >= 0.6 is 11.8 Å². The monoisotopic (exact) mass is 147 g/mol. The predicted octanol–water partition coefficient (Wildman–Crippen LogP) is 0.521. The lowest BCUT2D eigenvalue weighted by Gasteiger charge is -2.17. The van der Waals surface area contributed by atoms with Gasteiger partial charge in [0.25, 0.3) is 0 Å². The van der Waals surface area contributed by atoms with E-state index in [0.717, 1.165) is 0 Å². The van der Waals surface area contributed by atoms with E-state index in [9.17, 15) is 0 Å². The fraction of sp³-hybridized carbons (Fsp3) is 0.800. The Kier molecular flexibility index (Phi) is 3.65. The van der Waals surface area contributed by atoms with Crippen molar-refractivity contribution in [2.75, 3.05) is 14.1 Å². The molecule has 0 aliphatic carbocycles.